The Morgan fingerprint density at radius 1 is 1.12 bits per heavy atom. The fourth-order valence-corrected chi connectivity index (χ4v) is 2.92. The van der Waals surface area contributed by atoms with Gasteiger partial charge in [0.1, 0.15) is 0 Å². The van der Waals surface area contributed by atoms with Gasteiger partial charge in [0.15, 0.2) is 0 Å². The van der Waals surface area contributed by atoms with Crippen LogP contribution < -0.4 is 0 Å². The first-order chi connectivity index (χ1) is 8.42. The van der Waals surface area contributed by atoms with Crippen LogP contribution in [-0.2, 0) is 0 Å². The third-order valence-corrected chi connectivity index (χ3v) is 3.68. The lowest BCUT2D eigenvalue weighted by Gasteiger charge is -2.40. The van der Waals surface area contributed by atoms with Crippen LogP contribution in [-0.4, -0.2) is 16.3 Å². The highest BCUT2D eigenvalue weighted by molar-refractivity contribution is 5.49. The maximum absolute atomic E-state index is 2.37. The topological polar surface area (TPSA) is 6.48 Å². The molecule has 0 aromatic carbocycles. The van der Waals surface area contributed by atoms with Gasteiger partial charge in [-0.15, -0.1) is 0 Å². The molecule has 4 aliphatic heterocycles. The van der Waals surface area contributed by atoms with Crippen LogP contribution in [0.15, 0.2) is 71.5 Å². The molecule has 84 valence electrons. The normalized spacial score (nSPS) is 24.5. The summed E-state index contributed by atoms with van der Waals surface area (Å²) in [4.78, 5) is 4.62. The summed E-state index contributed by atoms with van der Waals surface area (Å²) in [5, 5.41) is 0. The molecule has 0 spiro atoms. The molecule has 0 aliphatic carbocycles. The molecule has 4 heterocycles. The van der Waals surface area contributed by atoms with E-state index in [1.807, 2.05) is 0 Å². The van der Waals surface area contributed by atoms with Gasteiger partial charge in [-0.3, -0.25) is 0 Å². The summed E-state index contributed by atoms with van der Waals surface area (Å²) >= 11 is 0. The highest BCUT2D eigenvalue weighted by atomic mass is 15.2. The minimum Gasteiger partial charge on any atom is -0.344 e. The van der Waals surface area contributed by atoms with Gasteiger partial charge in [0, 0.05) is 43.0 Å². The van der Waals surface area contributed by atoms with Gasteiger partial charge in [-0.2, -0.15) is 0 Å². The zero-order valence-electron chi connectivity index (χ0n) is 9.63. The monoisotopic (exact) mass is 222 g/mol. The van der Waals surface area contributed by atoms with E-state index in [-0.39, 0.29) is 0 Å². The average Bonchev–Trinajstić information content (AvgIpc) is 2.39. The number of rotatable bonds is 0. The van der Waals surface area contributed by atoms with Crippen LogP contribution in [0.1, 0.15) is 12.8 Å². The Morgan fingerprint density at radius 2 is 2.12 bits per heavy atom. The molecule has 0 N–H and O–H groups in total. The van der Waals surface area contributed by atoms with Gasteiger partial charge in [-0.25, -0.2) is 0 Å². The standard InChI is InChI=1S/C15H14N2/c1-3-7-16-11-13-9-12(14(16)5-1)10-17-8-4-2-6-15(13)17/h1,3-8,11H,2,9-10H2. The summed E-state index contributed by atoms with van der Waals surface area (Å²) in [7, 11) is 0. The van der Waals surface area contributed by atoms with E-state index in [1.54, 1.807) is 0 Å². The molecule has 0 amide bonds. The number of piperidine rings is 1. The Balaban J connectivity index is 1.84. The second kappa shape index (κ2) is 3.27. The summed E-state index contributed by atoms with van der Waals surface area (Å²) in [5.41, 5.74) is 5.72. The number of hydrogen-bond donors (Lipinski definition) is 0. The minimum atomic E-state index is 1.03. The lowest BCUT2D eigenvalue weighted by Crippen LogP contribution is -2.33. The molecule has 2 nitrogen and oxygen atoms in total. The molecular formula is C15H14N2. The van der Waals surface area contributed by atoms with Gasteiger partial charge in [0.05, 0.1) is 0 Å². The largest absolute Gasteiger partial charge is 0.344 e. The zero-order valence-corrected chi connectivity index (χ0v) is 9.63. The van der Waals surface area contributed by atoms with Crippen molar-refractivity contribution in [3.63, 3.8) is 0 Å². The van der Waals surface area contributed by atoms with Crippen molar-refractivity contribution in [3.05, 3.63) is 71.5 Å². The van der Waals surface area contributed by atoms with E-state index >= 15 is 0 Å². The Morgan fingerprint density at radius 3 is 3.12 bits per heavy atom. The van der Waals surface area contributed by atoms with E-state index in [4.69, 9.17) is 0 Å². The Labute approximate surface area is 101 Å². The first-order valence-corrected chi connectivity index (χ1v) is 6.11. The van der Waals surface area contributed by atoms with Crippen molar-refractivity contribution in [1.82, 2.24) is 9.80 Å². The van der Waals surface area contributed by atoms with Crippen LogP contribution in [0.3, 0.4) is 0 Å². The van der Waals surface area contributed by atoms with Crippen LogP contribution in [0, 0.1) is 0 Å². The van der Waals surface area contributed by atoms with Gasteiger partial charge in [-0.1, -0.05) is 18.2 Å². The minimum absolute atomic E-state index is 1.03. The van der Waals surface area contributed by atoms with E-state index in [1.165, 1.54) is 22.5 Å². The van der Waals surface area contributed by atoms with Crippen LogP contribution >= 0.6 is 0 Å². The van der Waals surface area contributed by atoms with Crippen molar-refractivity contribution < 1.29 is 0 Å². The summed E-state index contributed by atoms with van der Waals surface area (Å²) in [6.45, 7) is 1.03. The number of nitrogens with zero attached hydrogens (tertiary/aromatic N) is 2. The quantitative estimate of drug-likeness (QED) is 0.621. The molecule has 17 heavy (non-hydrogen) atoms. The third kappa shape index (κ3) is 1.27. The second-order valence-corrected chi connectivity index (χ2v) is 4.77. The maximum atomic E-state index is 2.37. The van der Waals surface area contributed by atoms with Crippen molar-refractivity contribution in [2.75, 3.05) is 6.54 Å². The summed E-state index contributed by atoms with van der Waals surface area (Å²) in [5.74, 6) is 0. The molecule has 0 aromatic rings. The van der Waals surface area contributed by atoms with E-state index in [0.717, 1.165) is 19.4 Å². The van der Waals surface area contributed by atoms with Crippen molar-refractivity contribution in [2.45, 2.75) is 12.8 Å². The van der Waals surface area contributed by atoms with Crippen molar-refractivity contribution in [3.8, 4) is 0 Å². The molecule has 0 unspecified atom stereocenters. The lowest BCUT2D eigenvalue weighted by molar-refractivity contribution is 0.442. The summed E-state index contributed by atoms with van der Waals surface area (Å²) in [6.07, 6.45) is 19.8. The molecule has 0 saturated carbocycles. The van der Waals surface area contributed by atoms with E-state index < -0.39 is 0 Å². The van der Waals surface area contributed by atoms with Crippen molar-refractivity contribution in [1.29, 1.82) is 0 Å². The van der Waals surface area contributed by atoms with Crippen molar-refractivity contribution in [2.24, 2.45) is 0 Å². The molecule has 2 bridgehead atoms. The van der Waals surface area contributed by atoms with Crippen LogP contribution in [0.2, 0.25) is 0 Å². The van der Waals surface area contributed by atoms with Crippen LogP contribution in [0.25, 0.3) is 0 Å². The molecule has 0 atom stereocenters. The maximum Gasteiger partial charge on any atom is 0.0462 e. The predicted octanol–water partition coefficient (Wildman–Crippen LogP) is 3.03. The van der Waals surface area contributed by atoms with Gasteiger partial charge in [-0.05, 0) is 29.7 Å². The van der Waals surface area contributed by atoms with Crippen LogP contribution in [0.4, 0.5) is 0 Å². The third-order valence-electron chi connectivity index (χ3n) is 3.68. The fourth-order valence-electron chi connectivity index (χ4n) is 2.92. The van der Waals surface area contributed by atoms with Gasteiger partial charge >= 0.3 is 0 Å². The molecule has 1 fully saturated rings. The van der Waals surface area contributed by atoms with Gasteiger partial charge in [0.25, 0.3) is 0 Å². The molecule has 1 saturated heterocycles. The molecule has 2 heteroatoms. The summed E-state index contributed by atoms with van der Waals surface area (Å²) < 4.78 is 0. The molecule has 0 aromatic heterocycles. The average molecular weight is 222 g/mol. The Bertz CT molecular complexity index is 555. The fraction of sp³-hybridized carbons (Fsp3) is 0.200. The Kier molecular flexibility index (Phi) is 1.75. The Hall–Kier alpha value is -1.96. The smallest absolute Gasteiger partial charge is 0.0462 e. The number of hydrogen-bond acceptors (Lipinski definition) is 2. The molecule has 0 radical (unpaired) electrons. The van der Waals surface area contributed by atoms with Crippen LogP contribution in [0.5, 0.6) is 0 Å². The number of fused-ring (bicyclic) bond motifs is 5. The second-order valence-electron chi connectivity index (χ2n) is 4.77. The first kappa shape index (κ1) is 9.11. The van der Waals surface area contributed by atoms with Gasteiger partial charge in [0.2, 0.25) is 0 Å². The molecular weight excluding hydrogens is 208 g/mol. The van der Waals surface area contributed by atoms with E-state index in [9.17, 15) is 0 Å². The van der Waals surface area contributed by atoms with E-state index in [2.05, 4.69) is 58.8 Å². The van der Waals surface area contributed by atoms with Gasteiger partial charge < -0.3 is 9.80 Å². The first-order valence-electron chi connectivity index (χ1n) is 6.11. The highest BCUT2D eigenvalue weighted by Gasteiger charge is 2.29. The predicted molar refractivity (Wildman–Crippen MR) is 68.4 cm³/mol. The lowest BCUT2D eigenvalue weighted by atomic mass is 9.90. The zero-order chi connectivity index (χ0) is 11.2. The molecule has 4 rings (SSSR count). The van der Waals surface area contributed by atoms with E-state index in [0.29, 0.717) is 0 Å². The van der Waals surface area contributed by atoms with Crippen molar-refractivity contribution >= 4 is 0 Å². The summed E-state index contributed by atoms with van der Waals surface area (Å²) in [6, 6.07) is 0. The highest BCUT2D eigenvalue weighted by Crippen LogP contribution is 2.39. The molecule has 4 aliphatic rings. The number of allylic oxidation sites excluding steroid dienone is 6. The SMILES string of the molecule is C1=CC2=C3CC(=CN2C=C1)C1=CCC=CN1C3.